The molecule has 0 radical (unpaired) electrons. The van der Waals surface area contributed by atoms with Crippen molar-refractivity contribution < 1.29 is 9.63 Å². The van der Waals surface area contributed by atoms with Gasteiger partial charge in [0.1, 0.15) is 17.1 Å². The van der Waals surface area contributed by atoms with Crippen LogP contribution in [0.15, 0.2) is 9.32 Å². The van der Waals surface area contributed by atoms with E-state index in [9.17, 15) is 9.90 Å². The smallest absolute Gasteiger partial charge is 0.290 e. The Morgan fingerprint density at radius 2 is 1.77 bits per heavy atom. The fourth-order valence-electron chi connectivity index (χ4n) is 5.50. The number of aromatic nitrogens is 3. The third-order valence-electron chi connectivity index (χ3n) is 7.76. The van der Waals surface area contributed by atoms with Crippen molar-refractivity contribution in [3.8, 4) is 0 Å². The van der Waals surface area contributed by atoms with Crippen LogP contribution >= 0.6 is 0 Å². The van der Waals surface area contributed by atoms with Crippen molar-refractivity contribution in [1.29, 1.82) is 0 Å². The molecular weight excluding hydrogens is 392 g/mol. The van der Waals surface area contributed by atoms with E-state index in [0.29, 0.717) is 22.7 Å². The summed E-state index contributed by atoms with van der Waals surface area (Å²) in [6.07, 6.45) is 9.03. The summed E-state index contributed by atoms with van der Waals surface area (Å²) in [5, 5.41) is 18.2. The van der Waals surface area contributed by atoms with E-state index in [0.717, 1.165) is 68.4 Å². The summed E-state index contributed by atoms with van der Waals surface area (Å²) in [5.74, 6) is 1.24. The van der Waals surface area contributed by atoms with Crippen LogP contribution in [0.1, 0.15) is 113 Å². The number of anilines is 1. The third-order valence-corrected chi connectivity index (χ3v) is 7.76. The molecule has 0 aromatic carbocycles. The molecule has 1 unspecified atom stereocenters. The van der Waals surface area contributed by atoms with Gasteiger partial charge in [0.15, 0.2) is 6.23 Å². The highest BCUT2D eigenvalue weighted by atomic mass is 16.5. The summed E-state index contributed by atoms with van der Waals surface area (Å²) in [5.41, 5.74) is 2.96. The van der Waals surface area contributed by atoms with E-state index in [2.05, 4.69) is 24.3 Å². The molecule has 0 bridgehead atoms. The van der Waals surface area contributed by atoms with Gasteiger partial charge in [0.05, 0.1) is 11.7 Å². The number of hydrogen-bond acceptors (Lipinski definition) is 5. The minimum atomic E-state index is -1.08. The Balaban J connectivity index is 1.53. The van der Waals surface area contributed by atoms with Crippen LogP contribution in [0.25, 0.3) is 0 Å². The molecule has 7 nitrogen and oxygen atoms in total. The van der Waals surface area contributed by atoms with Gasteiger partial charge in [0.2, 0.25) is 0 Å². The third kappa shape index (κ3) is 4.21. The van der Waals surface area contributed by atoms with Crippen LogP contribution < -0.4 is 10.9 Å². The zero-order valence-electron chi connectivity index (χ0n) is 19.7. The van der Waals surface area contributed by atoms with Gasteiger partial charge in [0, 0.05) is 18.5 Å². The Hall–Kier alpha value is -2.02. The van der Waals surface area contributed by atoms with Crippen LogP contribution in [-0.4, -0.2) is 19.6 Å². The lowest BCUT2D eigenvalue weighted by Gasteiger charge is -2.33. The molecule has 0 amide bonds. The van der Waals surface area contributed by atoms with E-state index < -0.39 is 6.23 Å². The fourth-order valence-corrected chi connectivity index (χ4v) is 5.50. The molecule has 0 spiro atoms. The summed E-state index contributed by atoms with van der Waals surface area (Å²) in [6.45, 7) is 8.51. The lowest BCUT2D eigenvalue weighted by Crippen LogP contribution is -2.29. The summed E-state index contributed by atoms with van der Waals surface area (Å²) in [6, 6.07) is 0.230. The average molecular weight is 431 g/mol. The van der Waals surface area contributed by atoms with E-state index in [4.69, 9.17) is 4.52 Å². The quantitative estimate of drug-likeness (QED) is 0.646. The largest absolute Gasteiger partial charge is 0.368 e. The van der Waals surface area contributed by atoms with Crippen LogP contribution in [0.4, 0.5) is 5.69 Å². The SMILES string of the molecule is Cc1c(C(O)Nc2c(C)n(C)n(C3CCCCC3)c2=O)noc1C1CCC(C)(C)CC1. The first-order valence-corrected chi connectivity index (χ1v) is 11.9. The van der Waals surface area contributed by atoms with Crippen LogP contribution in [0, 0.1) is 19.3 Å². The molecule has 31 heavy (non-hydrogen) atoms. The normalized spacial score (nSPS) is 21.4. The number of aliphatic hydroxyl groups excluding tert-OH is 1. The number of nitrogens with zero attached hydrogens (tertiary/aromatic N) is 3. The Bertz CT molecular complexity index is 968. The van der Waals surface area contributed by atoms with Crippen molar-refractivity contribution in [2.24, 2.45) is 12.5 Å². The molecule has 2 N–H and O–H groups in total. The molecule has 2 aliphatic rings. The molecule has 2 aromatic heterocycles. The predicted molar refractivity (Wildman–Crippen MR) is 121 cm³/mol. The Morgan fingerprint density at radius 1 is 1.13 bits per heavy atom. The second-order valence-corrected chi connectivity index (χ2v) is 10.5. The van der Waals surface area contributed by atoms with E-state index in [1.807, 2.05) is 30.3 Å². The summed E-state index contributed by atoms with van der Waals surface area (Å²) in [4.78, 5) is 13.2. The second kappa shape index (κ2) is 8.49. The predicted octanol–water partition coefficient (Wildman–Crippen LogP) is 5.08. The zero-order valence-corrected chi connectivity index (χ0v) is 19.7. The molecule has 2 saturated carbocycles. The summed E-state index contributed by atoms with van der Waals surface area (Å²) in [7, 11) is 1.92. The molecule has 1 atom stereocenters. The van der Waals surface area contributed by atoms with Gasteiger partial charge >= 0.3 is 0 Å². The minimum absolute atomic E-state index is 0.0677. The molecule has 2 aromatic rings. The topological polar surface area (TPSA) is 85.2 Å². The molecule has 0 saturated heterocycles. The van der Waals surface area contributed by atoms with E-state index in [1.165, 1.54) is 6.42 Å². The zero-order chi connectivity index (χ0) is 22.3. The number of nitrogens with one attached hydrogen (secondary N) is 1. The maximum atomic E-state index is 13.2. The van der Waals surface area contributed by atoms with Crippen LogP contribution in [0.3, 0.4) is 0 Å². The lowest BCUT2D eigenvalue weighted by molar-refractivity contribution is 0.191. The monoisotopic (exact) mass is 430 g/mol. The lowest BCUT2D eigenvalue weighted by atomic mass is 9.72. The Labute approximate surface area is 184 Å². The maximum absolute atomic E-state index is 13.2. The summed E-state index contributed by atoms with van der Waals surface area (Å²) >= 11 is 0. The van der Waals surface area contributed by atoms with Gasteiger partial charge in [-0.1, -0.05) is 38.3 Å². The standard InChI is InChI=1S/C24H38N4O3/c1-15-19(26-31-21(15)17-11-13-24(3,4)14-12-17)22(29)25-20-16(2)27(5)28(23(20)30)18-9-7-6-8-10-18/h17-18,22,25,29H,6-14H2,1-5H3. The van der Waals surface area contributed by atoms with Crippen molar-refractivity contribution in [3.05, 3.63) is 33.1 Å². The minimum Gasteiger partial charge on any atom is -0.368 e. The van der Waals surface area contributed by atoms with Gasteiger partial charge in [0.25, 0.3) is 5.56 Å². The average Bonchev–Trinajstić information content (AvgIpc) is 3.22. The van der Waals surface area contributed by atoms with Crippen molar-refractivity contribution >= 4 is 5.69 Å². The first kappa shape index (κ1) is 22.2. The van der Waals surface area contributed by atoms with E-state index >= 15 is 0 Å². The fraction of sp³-hybridized carbons (Fsp3) is 0.750. The van der Waals surface area contributed by atoms with Gasteiger partial charge in [-0.15, -0.1) is 0 Å². The maximum Gasteiger partial charge on any atom is 0.290 e. The highest BCUT2D eigenvalue weighted by Gasteiger charge is 2.32. The molecule has 2 aliphatic carbocycles. The second-order valence-electron chi connectivity index (χ2n) is 10.5. The van der Waals surface area contributed by atoms with Gasteiger partial charge in [-0.25, -0.2) is 4.68 Å². The molecule has 2 heterocycles. The van der Waals surface area contributed by atoms with Gasteiger partial charge in [-0.05, 0) is 57.8 Å². The summed E-state index contributed by atoms with van der Waals surface area (Å²) < 4.78 is 9.49. The highest BCUT2D eigenvalue weighted by Crippen LogP contribution is 2.43. The van der Waals surface area contributed by atoms with Gasteiger partial charge in [-0.3, -0.25) is 9.48 Å². The van der Waals surface area contributed by atoms with E-state index in [-0.39, 0.29) is 11.6 Å². The van der Waals surface area contributed by atoms with Crippen molar-refractivity contribution in [3.63, 3.8) is 0 Å². The number of hydrogen-bond donors (Lipinski definition) is 2. The Kier molecular flexibility index (Phi) is 6.08. The molecule has 4 rings (SSSR count). The van der Waals surface area contributed by atoms with Crippen molar-refractivity contribution in [1.82, 2.24) is 14.5 Å². The first-order valence-electron chi connectivity index (χ1n) is 11.9. The number of rotatable bonds is 5. The van der Waals surface area contributed by atoms with Gasteiger partial charge in [-0.2, -0.15) is 0 Å². The Morgan fingerprint density at radius 3 is 2.42 bits per heavy atom. The molecule has 2 fully saturated rings. The molecule has 172 valence electrons. The highest BCUT2D eigenvalue weighted by molar-refractivity contribution is 5.48. The van der Waals surface area contributed by atoms with Crippen LogP contribution in [-0.2, 0) is 7.05 Å². The first-order chi connectivity index (χ1) is 14.7. The number of aliphatic hydroxyl groups is 1. The van der Waals surface area contributed by atoms with Crippen LogP contribution in [0.5, 0.6) is 0 Å². The van der Waals surface area contributed by atoms with Crippen molar-refractivity contribution in [2.45, 2.75) is 104 Å². The molecule has 0 aliphatic heterocycles. The van der Waals surface area contributed by atoms with Gasteiger partial charge < -0.3 is 14.9 Å². The van der Waals surface area contributed by atoms with E-state index in [1.54, 1.807) is 0 Å². The van der Waals surface area contributed by atoms with Crippen molar-refractivity contribution in [2.75, 3.05) is 5.32 Å². The molecular formula is C24H38N4O3. The van der Waals surface area contributed by atoms with Crippen LogP contribution in [0.2, 0.25) is 0 Å². The molecule has 7 heteroatoms.